The number of phenols is 1. The predicted molar refractivity (Wildman–Crippen MR) is 129 cm³/mol. The van der Waals surface area contributed by atoms with Gasteiger partial charge in [0.2, 0.25) is 0 Å². The smallest absolute Gasteiger partial charge is 0.507 e. The van der Waals surface area contributed by atoms with Crippen molar-refractivity contribution in [1.29, 1.82) is 5.26 Å². The third-order valence-corrected chi connectivity index (χ3v) is 6.11. The quantitative estimate of drug-likeness (QED) is 0.375. The van der Waals surface area contributed by atoms with Crippen molar-refractivity contribution in [2.75, 3.05) is 4.72 Å². The van der Waals surface area contributed by atoms with Crippen molar-refractivity contribution in [2.45, 2.75) is 30.8 Å². The Morgan fingerprint density at radius 3 is 2.59 bits per heavy atom. The van der Waals surface area contributed by atoms with Crippen LogP contribution < -0.4 is 28.9 Å². The van der Waals surface area contributed by atoms with Gasteiger partial charge in [-0.25, -0.2) is 13.4 Å². The number of nitrogens with zero attached hydrogens (tertiary/aromatic N) is 3. The average Bonchev–Trinajstić information content (AvgIpc) is 2.78. The minimum atomic E-state index is -4.91. The summed E-state index contributed by atoms with van der Waals surface area (Å²) in [6.07, 6.45) is 0.241. The average molecular weight is 524 g/mol. The number of nitriles is 1. The molecule has 0 unspecified atom stereocenters. The van der Waals surface area contributed by atoms with Crippen LogP contribution in [0.2, 0.25) is 0 Å². The zero-order chi connectivity index (χ0) is 26.0. The number of allylic oxidation sites excluding steroid dienone is 2. The summed E-state index contributed by atoms with van der Waals surface area (Å²) in [6.45, 7) is 9.68. The van der Waals surface area contributed by atoms with E-state index in [1.165, 1.54) is 6.07 Å². The number of aromatic nitrogens is 1. The Bertz CT molecular complexity index is 1430. The maximum absolute atomic E-state index is 13.2. The number of sulfonamides is 1. The number of benzene rings is 1. The van der Waals surface area contributed by atoms with Crippen LogP contribution in [0.1, 0.15) is 36.6 Å². The number of pyridine rings is 1. The fraction of sp³-hybridized carbons (Fsp3) is 0.167. The number of amidine groups is 1. The third kappa shape index (κ3) is 7.26. The van der Waals surface area contributed by atoms with Crippen LogP contribution in [0, 0.1) is 24.8 Å². The topological polar surface area (TPSA) is 127 Å². The number of nitrogens with one attached hydrogen (secondary N) is 2. The van der Waals surface area contributed by atoms with E-state index in [1.54, 1.807) is 0 Å². The molecule has 0 radical (unpaired) electrons. The molecule has 8 nitrogen and oxygen atoms in total. The number of rotatable bonds is 7. The molecule has 2 heterocycles. The Morgan fingerprint density at radius 2 is 2.00 bits per heavy atom. The zero-order valence-electron chi connectivity index (χ0n) is 20.4. The molecule has 3 rings (SSSR count). The zero-order valence-corrected chi connectivity index (χ0v) is 21.2. The first-order chi connectivity index (χ1) is 16.4. The van der Waals surface area contributed by atoms with Crippen LogP contribution in [0.3, 0.4) is 0 Å². The Balaban J connectivity index is 0.00000342. The van der Waals surface area contributed by atoms with E-state index in [0.29, 0.717) is 29.5 Å². The van der Waals surface area contributed by atoms with Crippen molar-refractivity contribution in [3.63, 3.8) is 0 Å². The molecule has 1 aromatic carbocycles. The third-order valence-electron chi connectivity index (χ3n) is 4.73. The SMILES string of the molecule is C=C1[C-]=C(C(=C)CCC)N=C(c2cc(S(=O)(=O)Nc3cnc(C#N)c(C(F)(F)F)c3)ccc2O)N1.[CH3-].[Li+]. The summed E-state index contributed by atoms with van der Waals surface area (Å²) in [4.78, 5) is 7.38. The number of halogens is 3. The second kappa shape index (κ2) is 12.2. The molecule has 0 aliphatic carbocycles. The molecule has 0 saturated carbocycles. The van der Waals surface area contributed by atoms with Gasteiger partial charge in [-0.15, -0.1) is 18.2 Å². The largest absolute Gasteiger partial charge is 1.00 e. The van der Waals surface area contributed by atoms with Crippen molar-refractivity contribution in [1.82, 2.24) is 10.3 Å². The van der Waals surface area contributed by atoms with E-state index in [0.717, 1.165) is 30.8 Å². The monoisotopic (exact) mass is 524 g/mol. The molecule has 0 bridgehead atoms. The Labute approximate surface area is 225 Å². The van der Waals surface area contributed by atoms with Gasteiger partial charge in [0.25, 0.3) is 10.0 Å². The molecule has 0 fully saturated rings. The first kappa shape index (κ1) is 31.5. The second-order valence-corrected chi connectivity index (χ2v) is 9.09. The normalized spacial score (nSPS) is 13.1. The molecule has 3 N–H and O–H groups in total. The van der Waals surface area contributed by atoms with Crippen molar-refractivity contribution in [2.24, 2.45) is 4.99 Å². The fourth-order valence-electron chi connectivity index (χ4n) is 3.11. The first-order valence-corrected chi connectivity index (χ1v) is 11.5. The number of hydrogen-bond acceptors (Lipinski definition) is 7. The maximum atomic E-state index is 13.2. The summed E-state index contributed by atoms with van der Waals surface area (Å²) < 4.78 is 67.4. The van der Waals surface area contributed by atoms with Gasteiger partial charge in [0.15, 0.2) is 5.69 Å². The fourth-order valence-corrected chi connectivity index (χ4v) is 4.17. The molecule has 37 heavy (non-hydrogen) atoms. The van der Waals surface area contributed by atoms with Crippen LogP contribution >= 0.6 is 0 Å². The Kier molecular flexibility index (Phi) is 10.3. The van der Waals surface area contributed by atoms with Crippen molar-refractivity contribution < 1.29 is 45.6 Å². The standard InChI is InChI=1S/C23H19F3N5O3S.CH3.Li/c1-4-5-13(2)19-8-14(3)29-22(30-19)17-10-16(6-7-21(17)32)35(33,34)31-15-9-18(23(24,25)26)20(11-27)28-12-15;;/h6-7,9-10,12,31-32H,2-5H2,1H3,(H,29,30);1H3;/q2*-1;+1. The van der Waals surface area contributed by atoms with Crippen molar-refractivity contribution in [3.8, 4) is 11.8 Å². The van der Waals surface area contributed by atoms with Gasteiger partial charge in [-0.05, 0) is 30.0 Å². The van der Waals surface area contributed by atoms with Gasteiger partial charge >= 0.3 is 25.0 Å². The molecule has 0 atom stereocenters. The van der Waals surface area contributed by atoms with Gasteiger partial charge < -0.3 is 17.8 Å². The molecule has 190 valence electrons. The minimum absolute atomic E-state index is 0. The molecule has 0 amide bonds. The summed E-state index contributed by atoms with van der Waals surface area (Å²) in [5.74, 6) is -0.209. The molecule has 13 heteroatoms. The van der Waals surface area contributed by atoms with Crippen molar-refractivity contribution in [3.05, 3.63) is 90.9 Å². The van der Waals surface area contributed by atoms with E-state index in [9.17, 15) is 26.7 Å². The molecule has 1 aliphatic heterocycles. The van der Waals surface area contributed by atoms with Crippen molar-refractivity contribution >= 4 is 21.5 Å². The van der Waals surface area contributed by atoms with Gasteiger partial charge in [0, 0.05) is 0 Å². The van der Waals surface area contributed by atoms with Crippen LogP contribution in [0.25, 0.3) is 0 Å². The summed E-state index contributed by atoms with van der Waals surface area (Å²) in [5.41, 5.74) is -1.38. The minimum Gasteiger partial charge on any atom is -0.507 e. The number of alkyl halides is 3. The first-order valence-electron chi connectivity index (χ1n) is 10.1. The number of hydrogen-bond donors (Lipinski definition) is 3. The maximum Gasteiger partial charge on any atom is 1.00 e. The number of anilines is 1. The molecular formula is C24H22F3LiN5O3S-. The van der Waals surface area contributed by atoms with Crippen LogP contribution in [0.15, 0.2) is 70.5 Å². The molecule has 0 saturated heterocycles. The molecule has 1 aliphatic rings. The van der Waals surface area contributed by atoms with E-state index in [-0.39, 0.29) is 48.3 Å². The van der Waals surface area contributed by atoms with Gasteiger partial charge in [0.1, 0.15) is 17.7 Å². The van der Waals surface area contributed by atoms with E-state index >= 15 is 0 Å². The molecule has 0 spiro atoms. The van der Waals surface area contributed by atoms with Crippen LogP contribution in [0.5, 0.6) is 5.75 Å². The Morgan fingerprint density at radius 1 is 1.32 bits per heavy atom. The van der Waals surface area contributed by atoms with Crippen LogP contribution in [0.4, 0.5) is 18.9 Å². The van der Waals surface area contributed by atoms with Gasteiger partial charge in [-0.1, -0.05) is 25.5 Å². The van der Waals surface area contributed by atoms with E-state index < -0.39 is 33.1 Å². The Hall–Kier alpha value is -3.51. The molecule has 1 aromatic heterocycles. The molecular weight excluding hydrogens is 502 g/mol. The summed E-state index contributed by atoms with van der Waals surface area (Å²) in [7, 11) is -4.42. The summed E-state index contributed by atoms with van der Waals surface area (Å²) in [6, 6.07) is 5.08. The second-order valence-electron chi connectivity index (χ2n) is 7.41. The van der Waals surface area contributed by atoms with Crippen LogP contribution in [-0.4, -0.2) is 24.3 Å². The van der Waals surface area contributed by atoms with Crippen LogP contribution in [-0.2, 0) is 16.2 Å². The molecule has 2 aromatic rings. The van der Waals surface area contributed by atoms with Gasteiger partial charge in [0.05, 0.1) is 27.9 Å². The van der Waals surface area contributed by atoms with Gasteiger partial charge in [-0.2, -0.15) is 25.0 Å². The van der Waals surface area contributed by atoms with E-state index in [2.05, 4.69) is 34.5 Å². The van der Waals surface area contributed by atoms with E-state index in [1.807, 2.05) is 11.6 Å². The summed E-state index contributed by atoms with van der Waals surface area (Å²) >= 11 is 0. The number of phenolic OH excluding ortho intramolecular Hbond substituents is 1. The summed E-state index contributed by atoms with van der Waals surface area (Å²) in [5, 5.41) is 22.0. The van der Waals surface area contributed by atoms with E-state index in [4.69, 9.17) is 5.26 Å². The predicted octanol–water partition coefficient (Wildman–Crippen LogP) is 1.84. The number of aliphatic imine (C=N–C) groups is 1. The number of aromatic hydroxyl groups is 1. The van der Waals surface area contributed by atoms with Gasteiger partial charge in [-0.3, -0.25) is 9.71 Å².